The van der Waals surface area contributed by atoms with Crippen molar-refractivity contribution < 1.29 is 23.4 Å². The van der Waals surface area contributed by atoms with Crippen LogP contribution in [0.1, 0.15) is 46.2 Å². The van der Waals surface area contributed by atoms with Gasteiger partial charge in [-0.3, -0.25) is 4.98 Å². The summed E-state index contributed by atoms with van der Waals surface area (Å²) in [6, 6.07) is 10.6. The van der Waals surface area contributed by atoms with Gasteiger partial charge in [-0.1, -0.05) is 24.3 Å². The molecule has 2 bridgehead atoms. The first-order chi connectivity index (χ1) is 15.6. The maximum absolute atomic E-state index is 12.9. The van der Waals surface area contributed by atoms with Crippen LogP contribution in [0.3, 0.4) is 0 Å². The summed E-state index contributed by atoms with van der Waals surface area (Å²) in [5.74, 6) is -0.0643. The van der Waals surface area contributed by atoms with Gasteiger partial charge in [-0.2, -0.15) is 8.78 Å². The first-order valence-electron chi connectivity index (χ1n) is 10.8. The minimum Gasteiger partial charge on any atom is -0.435 e. The maximum Gasteiger partial charge on any atom is 0.387 e. The van der Waals surface area contributed by atoms with Gasteiger partial charge in [0.1, 0.15) is 10.8 Å². The van der Waals surface area contributed by atoms with Gasteiger partial charge in [0.15, 0.2) is 0 Å². The molecule has 1 aromatic carbocycles. The van der Waals surface area contributed by atoms with Crippen molar-refractivity contribution in [3.63, 3.8) is 0 Å². The van der Waals surface area contributed by atoms with E-state index in [9.17, 15) is 8.78 Å². The summed E-state index contributed by atoms with van der Waals surface area (Å²) in [5, 5.41) is 9.86. The van der Waals surface area contributed by atoms with Crippen LogP contribution in [-0.2, 0) is 17.6 Å². The monoisotopic (exact) mass is 460 g/mol. The molecule has 8 heteroatoms. The van der Waals surface area contributed by atoms with Gasteiger partial charge in [-0.25, -0.2) is 4.98 Å². The highest BCUT2D eigenvalue weighted by molar-refractivity contribution is 7.11. The molecular formula is C24H26F2N2O3S. The van der Waals surface area contributed by atoms with Crippen LogP contribution in [0.2, 0.25) is 0 Å². The number of para-hydroxylation sites is 1. The molecule has 2 aromatic heterocycles. The normalized spacial score (nSPS) is 19.4. The molecule has 1 N–H and O–H groups in total. The molecule has 0 amide bonds. The molecule has 1 saturated carbocycles. The van der Waals surface area contributed by atoms with E-state index in [-0.39, 0.29) is 18.3 Å². The molecular weight excluding hydrogens is 434 g/mol. The topological polar surface area (TPSA) is 64.5 Å². The smallest absolute Gasteiger partial charge is 0.387 e. The van der Waals surface area contributed by atoms with Crippen molar-refractivity contribution in [3.05, 3.63) is 76.0 Å². The van der Waals surface area contributed by atoms with E-state index < -0.39 is 6.61 Å². The molecule has 3 aromatic rings. The number of aliphatic hydroxyl groups is 1. The fourth-order valence-electron chi connectivity index (χ4n) is 3.68. The Hall–Kier alpha value is -2.42. The predicted octanol–water partition coefficient (Wildman–Crippen LogP) is 4.99. The number of aromatic nitrogens is 2. The molecule has 0 radical (unpaired) electrons. The predicted molar refractivity (Wildman–Crippen MR) is 118 cm³/mol. The van der Waals surface area contributed by atoms with Gasteiger partial charge in [0.25, 0.3) is 0 Å². The number of hydrogen-bond donors (Lipinski definition) is 1. The highest BCUT2D eigenvalue weighted by Crippen LogP contribution is 2.39. The first kappa shape index (κ1) is 22.8. The fourth-order valence-corrected chi connectivity index (χ4v) is 4.75. The molecule has 5 nitrogen and oxygen atoms in total. The average Bonchev–Trinajstić information content (AvgIpc) is 3.18. The molecule has 2 aliphatic heterocycles. The minimum atomic E-state index is -2.89. The Morgan fingerprint density at radius 3 is 2.50 bits per heavy atom. The third kappa shape index (κ3) is 5.88. The van der Waals surface area contributed by atoms with Crippen molar-refractivity contribution in [1.29, 1.82) is 0 Å². The largest absolute Gasteiger partial charge is 0.435 e. The molecule has 0 spiro atoms. The SMILES string of the molecule is C1C2CC1O2.OCCCc1cnc(C(Cc2cccnc2)c2ccccc2OC(F)F)s1. The zero-order valence-corrected chi connectivity index (χ0v) is 18.4. The van der Waals surface area contributed by atoms with E-state index >= 15 is 0 Å². The van der Waals surface area contributed by atoms with Gasteiger partial charge in [0, 0.05) is 41.6 Å². The number of nitrogens with zero attached hydrogens (tertiary/aromatic N) is 2. The molecule has 4 heterocycles. The Bertz CT molecular complexity index is 966. The van der Waals surface area contributed by atoms with Gasteiger partial charge >= 0.3 is 6.61 Å². The van der Waals surface area contributed by atoms with Crippen LogP contribution < -0.4 is 4.74 Å². The summed E-state index contributed by atoms with van der Waals surface area (Å²) in [4.78, 5) is 9.74. The second-order valence-corrected chi connectivity index (χ2v) is 9.02. The molecule has 1 unspecified atom stereocenters. The number of aliphatic hydroxyl groups excluding tert-OH is 1. The number of halogens is 2. The number of rotatable bonds is 9. The minimum absolute atomic E-state index is 0.122. The van der Waals surface area contributed by atoms with Crippen LogP contribution in [0.5, 0.6) is 5.75 Å². The summed E-state index contributed by atoms with van der Waals surface area (Å²) < 4.78 is 35.5. The van der Waals surface area contributed by atoms with Crippen molar-refractivity contribution >= 4 is 11.3 Å². The zero-order chi connectivity index (χ0) is 22.3. The van der Waals surface area contributed by atoms with Crippen molar-refractivity contribution in [1.82, 2.24) is 9.97 Å². The molecule has 1 atom stereocenters. The zero-order valence-electron chi connectivity index (χ0n) is 17.6. The van der Waals surface area contributed by atoms with Crippen molar-refractivity contribution in [3.8, 4) is 5.75 Å². The van der Waals surface area contributed by atoms with Gasteiger partial charge in [0.05, 0.1) is 12.2 Å². The lowest BCUT2D eigenvalue weighted by atomic mass is 9.84. The van der Waals surface area contributed by atoms with Crippen molar-refractivity contribution in [2.75, 3.05) is 6.61 Å². The summed E-state index contributed by atoms with van der Waals surface area (Å²) >= 11 is 1.54. The number of ether oxygens (including phenoxy) is 2. The van der Waals surface area contributed by atoms with E-state index in [0.29, 0.717) is 30.6 Å². The van der Waals surface area contributed by atoms with Gasteiger partial charge < -0.3 is 14.6 Å². The Morgan fingerprint density at radius 2 is 1.88 bits per heavy atom. The lowest BCUT2D eigenvalue weighted by molar-refractivity contribution is -0.237. The van der Waals surface area contributed by atoms with E-state index in [2.05, 4.69) is 9.97 Å². The fraction of sp³-hybridized carbons (Fsp3) is 0.417. The summed E-state index contributed by atoms with van der Waals surface area (Å²) in [6.45, 7) is -2.76. The Kier molecular flexibility index (Phi) is 7.78. The van der Waals surface area contributed by atoms with Crippen LogP contribution in [0.15, 0.2) is 55.0 Å². The van der Waals surface area contributed by atoms with Gasteiger partial charge in [-0.05, 0) is 49.8 Å². The maximum atomic E-state index is 12.9. The van der Waals surface area contributed by atoms with Crippen LogP contribution in [0.25, 0.3) is 0 Å². The molecule has 6 rings (SSSR count). The number of aryl methyl sites for hydroxylation is 1. The number of thiazole rings is 1. The Balaban J connectivity index is 0.000000422. The Morgan fingerprint density at radius 1 is 1.12 bits per heavy atom. The average molecular weight is 461 g/mol. The Labute approximate surface area is 190 Å². The van der Waals surface area contributed by atoms with Crippen LogP contribution in [0.4, 0.5) is 8.78 Å². The van der Waals surface area contributed by atoms with Crippen LogP contribution >= 0.6 is 11.3 Å². The van der Waals surface area contributed by atoms with Gasteiger partial charge in [-0.15, -0.1) is 11.3 Å². The summed E-state index contributed by atoms with van der Waals surface area (Å²) in [5.41, 5.74) is 1.66. The first-order valence-corrected chi connectivity index (χ1v) is 11.6. The highest BCUT2D eigenvalue weighted by Gasteiger charge is 2.43. The molecule has 1 aliphatic carbocycles. The van der Waals surface area contributed by atoms with E-state index in [1.807, 2.05) is 18.2 Å². The standard InChI is InChI=1S/C20H20F2N2O2S.C4H6O/c21-20(22)26-18-8-2-1-7-16(18)17(11-14-5-3-9-23-12-14)19-24-13-15(27-19)6-4-10-25;1-3-2-4(1)5-3/h1-3,5,7-9,12-13,17,20,25H,4,6,10-11H2;3-4H,1-2H2. The molecule has 3 aliphatic rings. The van der Waals surface area contributed by atoms with Gasteiger partial charge in [0.2, 0.25) is 0 Å². The third-order valence-corrected chi connectivity index (χ3v) is 6.73. The highest BCUT2D eigenvalue weighted by atomic mass is 32.1. The third-order valence-electron chi connectivity index (χ3n) is 5.56. The van der Waals surface area contributed by atoms with E-state index in [4.69, 9.17) is 14.6 Å². The number of hydrogen-bond acceptors (Lipinski definition) is 6. The number of benzene rings is 1. The van der Waals surface area contributed by atoms with Crippen molar-refractivity contribution in [2.24, 2.45) is 0 Å². The second kappa shape index (κ2) is 10.9. The van der Waals surface area contributed by atoms with E-state index in [0.717, 1.165) is 21.9 Å². The second-order valence-electron chi connectivity index (χ2n) is 7.88. The van der Waals surface area contributed by atoms with Crippen LogP contribution in [-0.4, -0.2) is 40.5 Å². The molecule has 170 valence electrons. The lowest BCUT2D eigenvalue weighted by Crippen LogP contribution is -2.52. The summed E-state index contributed by atoms with van der Waals surface area (Å²) in [6.07, 6.45) is 11.4. The van der Waals surface area contributed by atoms with Crippen LogP contribution in [0, 0.1) is 0 Å². The molecule has 3 fully saturated rings. The quantitative estimate of drug-likeness (QED) is 0.488. The lowest BCUT2D eigenvalue weighted by Gasteiger charge is -2.49. The number of alkyl halides is 2. The van der Waals surface area contributed by atoms with E-state index in [1.54, 1.807) is 36.8 Å². The van der Waals surface area contributed by atoms with E-state index in [1.165, 1.54) is 24.2 Å². The summed E-state index contributed by atoms with van der Waals surface area (Å²) in [7, 11) is 0. The molecule has 2 saturated heterocycles. The molecule has 32 heavy (non-hydrogen) atoms. The van der Waals surface area contributed by atoms with Crippen molar-refractivity contribution in [2.45, 2.75) is 56.8 Å². The number of pyridine rings is 1.